The van der Waals surface area contributed by atoms with Gasteiger partial charge in [-0.15, -0.1) is 22.7 Å². The average molecular weight is 288 g/mol. The normalized spacial score (nSPS) is 11.1. The van der Waals surface area contributed by atoms with E-state index in [-0.39, 0.29) is 0 Å². The van der Waals surface area contributed by atoms with Gasteiger partial charge in [0, 0.05) is 27.4 Å². The maximum Gasteiger partial charge on any atom is 0.328 e. The zero-order valence-corrected chi connectivity index (χ0v) is 11.2. The fourth-order valence-corrected chi connectivity index (χ4v) is 2.71. The van der Waals surface area contributed by atoms with Crippen LogP contribution in [-0.4, -0.2) is 16.1 Å². The topological polar surface area (TPSA) is 74.0 Å². The molecule has 94 valence electrons. The Bertz CT molecular complexity index is 690. The number of nitrogens with zero attached hydrogens (tertiary/aromatic N) is 2. The molecule has 0 unspecified atom stereocenters. The minimum absolute atomic E-state index is 0.647. The summed E-state index contributed by atoms with van der Waals surface area (Å²) < 4.78 is 0. The molecule has 0 radical (unpaired) electrons. The Morgan fingerprint density at radius 3 is 2.89 bits per heavy atom. The molecule has 0 saturated carbocycles. The number of nitriles is 1. The van der Waals surface area contributed by atoms with Gasteiger partial charge in [0.1, 0.15) is 11.1 Å². The number of aromatic nitrogens is 1. The van der Waals surface area contributed by atoms with Gasteiger partial charge in [0.25, 0.3) is 0 Å². The van der Waals surface area contributed by atoms with Crippen LogP contribution in [0.1, 0.15) is 20.3 Å². The quantitative estimate of drug-likeness (QED) is 0.875. The van der Waals surface area contributed by atoms with Crippen LogP contribution in [0.3, 0.4) is 0 Å². The smallest absolute Gasteiger partial charge is 0.328 e. The van der Waals surface area contributed by atoms with Crippen molar-refractivity contribution >= 4 is 46.9 Å². The summed E-state index contributed by atoms with van der Waals surface area (Å²) >= 11 is 2.89. The molecule has 2 rings (SSSR count). The summed E-state index contributed by atoms with van der Waals surface area (Å²) in [6, 6.07) is 3.88. The number of aliphatic carboxylic acids is 1. The average Bonchev–Trinajstić information content (AvgIpc) is 3.03. The van der Waals surface area contributed by atoms with E-state index in [2.05, 4.69) is 11.1 Å². The lowest BCUT2D eigenvalue weighted by Crippen LogP contribution is -1.84. The molecular weight excluding hydrogens is 280 g/mol. The van der Waals surface area contributed by atoms with Gasteiger partial charge in [0.05, 0.1) is 5.56 Å². The van der Waals surface area contributed by atoms with Crippen molar-refractivity contribution in [3.05, 3.63) is 44.0 Å². The van der Waals surface area contributed by atoms with E-state index in [1.807, 2.05) is 12.2 Å². The van der Waals surface area contributed by atoms with Crippen molar-refractivity contribution in [2.75, 3.05) is 0 Å². The van der Waals surface area contributed by atoms with Gasteiger partial charge < -0.3 is 5.11 Å². The van der Waals surface area contributed by atoms with Crippen LogP contribution in [0.15, 0.2) is 23.7 Å². The molecule has 19 heavy (non-hydrogen) atoms. The first kappa shape index (κ1) is 13.2. The third-order valence-electron chi connectivity index (χ3n) is 2.07. The van der Waals surface area contributed by atoms with Gasteiger partial charge in [-0.1, -0.05) is 0 Å². The predicted octanol–water partition coefficient (Wildman–Crippen LogP) is 3.34. The number of carboxylic acid groups (broad SMARTS) is 1. The van der Waals surface area contributed by atoms with Crippen molar-refractivity contribution in [2.24, 2.45) is 0 Å². The number of rotatable bonds is 4. The van der Waals surface area contributed by atoms with Gasteiger partial charge in [0.2, 0.25) is 0 Å². The van der Waals surface area contributed by atoms with Crippen LogP contribution in [0.4, 0.5) is 0 Å². The Morgan fingerprint density at radius 1 is 1.37 bits per heavy atom. The number of hydrogen-bond acceptors (Lipinski definition) is 5. The Morgan fingerprint density at radius 2 is 2.21 bits per heavy atom. The lowest BCUT2D eigenvalue weighted by Gasteiger charge is -1.83. The second-order valence-corrected chi connectivity index (χ2v) is 5.49. The highest BCUT2D eigenvalue weighted by Gasteiger charge is 1.98. The molecule has 0 fully saturated rings. The maximum absolute atomic E-state index is 10.4. The zero-order chi connectivity index (χ0) is 13.7. The first-order valence-electron chi connectivity index (χ1n) is 5.21. The summed E-state index contributed by atoms with van der Waals surface area (Å²) in [6.45, 7) is 0. The summed E-state index contributed by atoms with van der Waals surface area (Å²) in [5.74, 6) is -0.979. The van der Waals surface area contributed by atoms with Crippen molar-refractivity contribution in [3.8, 4) is 6.07 Å². The van der Waals surface area contributed by atoms with E-state index >= 15 is 0 Å². The second-order valence-electron chi connectivity index (χ2n) is 3.46. The SMILES string of the molecule is N#Cc1csc(C=Cc2ncc(C=CC(=O)O)s2)c1. The standard InChI is InChI=1S/C13H8N2O2S2/c14-6-9-5-10(18-8-9)1-3-12-15-7-11(19-12)2-4-13(16)17/h1-5,7-8H,(H,16,17). The molecule has 4 nitrogen and oxygen atoms in total. The minimum atomic E-state index is -0.979. The van der Waals surface area contributed by atoms with Gasteiger partial charge >= 0.3 is 5.97 Å². The molecule has 0 bridgehead atoms. The molecule has 0 amide bonds. The molecule has 0 aromatic carbocycles. The van der Waals surface area contributed by atoms with Gasteiger partial charge in [-0.05, 0) is 24.3 Å². The van der Waals surface area contributed by atoms with Crippen molar-refractivity contribution < 1.29 is 9.90 Å². The van der Waals surface area contributed by atoms with E-state index in [0.29, 0.717) is 5.56 Å². The van der Waals surface area contributed by atoms with Crippen LogP contribution in [0.2, 0.25) is 0 Å². The second kappa shape index (κ2) is 6.09. The number of thiazole rings is 1. The van der Waals surface area contributed by atoms with Gasteiger partial charge in [-0.3, -0.25) is 0 Å². The van der Waals surface area contributed by atoms with E-state index in [0.717, 1.165) is 20.8 Å². The third kappa shape index (κ3) is 3.88. The Kier molecular flexibility index (Phi) is 4.23. The minimum Gasteiger partial charge on any atom is -0.478 e. The lowest BCUT2D eigenvalue weighted by molar-refractivity contribution is -0.131. The molecular formula is C13H8N2O2S2. The summed E-state index contributed by atoms with van der Waals surface area (Å²) in [5.41, 5.74) is 0.647. The van der Waals surface area contributed by atoms with Crippen molar-refractivity contribution in [3.63, 3.8) is 0 Å². The highest BCUT2D eigenvalue weighted by Crippen LogP contribution is 2.20. The highest BCUT2D eigenvalue weighted by atomic mass is 32.1. The molecule has 0 aliphatic carbocycles. The summed E-state index contributed by atoms with van der Waals surface area (Å²) in [6.07, 6.45) is 7.94. The van der Waals surface area contributed by atoms with E-state index in [9.17, 15) is 4.79 Å². The summed E-state index contributed by atoms with van der Waals surface area (Å²) in [4.78, 5) is 16.3. The largest absolute Gasteiger partial charge is 0.478 e. The fourth-order valence-electron chi connectivity index (χ4n) is 1.26. The Labute approximate surface area is 117 Å². The maximum atomic E-state index is 10.4. The molecule has 0 saturated heterocycles. The monoisotopic (exact) mass is 288 g/mol. The van der Waals surface area contributed by atoms with Gasteiger partial charge in [-0.2, -0.15) is 5.26 Å². The van der Waals surface area contributed by atoms with E-state index in [1.165, 1.54) is 28.7 Å². The van der Waals surface area contributed by atoms with E-state index in [1.54, 1.807) is 17.6 Å². The van der Waals surface area contributed by atoms with Crippen LogP contribution in [0, 0.1) is 11.3 Å². The molecule has 1 N–H and O–H groups in total. The van der Waals surface area contributed by atoms with Crippen molar-refractivity contribution in [1.29, 1.82) is 5.26 Å². The van der Waals surface area contributed by atoms with E-state index < -0.39 is 5.97 Å². The van der Waals surface area contributed by atoms with Gasteiger partial charge in [-0.25, -0.2) is 9.78 Å². The first-order chi connectivity index (χ1) is 9.17. The molecule has 0 spiro atoms. The van der Waals surface area contributed by atoms with Crippen LogP contribution >= 0.6 is 22.7 Å². The molecule has 2 aromatic rings. The first-order valence-corrected chi connectivity index (χ1v) is 6.90. The van der Waals surface area contributed by atoms with E-state index in [4.69, 9.17) is 10.4 Å². The molecule has 2 aromatic heterocycles. The Hall–Kier alpha value is -2.23. The molecule has 6 heteroatoms. The third-order valence-corrected chi connectivity index (χ3v) is 3.90. The Balaban J connectivity index is 2.07. The molecule has 0 atom stereocenters. The number of hydrogen-bond donors (Lipinski definition) is 1. The lowest BCUT2D eigenvalue weighted by atomic mass is 10.3. The fraction of sp³-hybridized carbons (Fsp3) is 0. The number of thiophene rings is 1. The van der Waals surface area contributed by atoms with Crippen LogP contribution in [-0.2, 0) is 4.79 Å². The van der Waals surface area contributed by atoms with Crippen molar-refractivity contribution in [1.82, 2.24) is 4.98 Å². The van der Waals surface area contributed by atoms with Gasteiger partial charge in [0.15, 0.2) is 0 Å². The van der Waals surface area contributed by atoms with Crippen molar-refractivity contribution in [2.45, 2.75) is 0 Å². The predicted molar refractivity (Wildman–Crippen MR) is 76.7 cm³/mol. The molecule has 0 aliphatic heterocycles. The van der Waals surface area contributed by atoms with Crippen LogP contribution < -0.4 is 0 Å². The highest BCUT2D eigenvalue weighted by molar-refractivity contribution is 7.13. The molecule has 0 aliphatic rings. The summed E-state index contributed by atoms with van der Waals surface area (Å²) in [5, 5.41) is 19.8. The van der Waals surface area contributed by atoms with Crippen LogP contribution in [0.5, 0.6) is 0 Å². The number of carboxylic acids is 1. The molecule has 2 heterocycles. The van der Waals surface area contributed by atoms with Crippen LogP contribution in [0.25, 0.3) is 18.2 Å². The zero-order valence-electron chi connectivity index (χ0n) is 9.61. The number of carbonyl (C=O) groups is 1. The summed E-state index contributed by atoms with van der Waals surface area (Å²) in [7, 11) is 0.